The van der Waals surface area contributed by atoms with Gasteiger partial charge in [0.1, 0.15) is 6.07 Å². The molecule has 9 heteroatoms. The van der Waals surface area contributed by atoms with Crippen LogP contribution in [0.2, 0.25) is 0 Å². The standard InChI is InChI=1S/C7H2BrClN2O4S/c8-5-2-6(11(12)13)7(16(9,14)15)1-4(5)3-10/h1-2H. The van der Waals surface area contributed by atoms with Gasteiger partial charge in [-0.25, -0.2) is 8.42 Å². The first-order chi connectivity index (χ1) is 7.27. The molecule has 16 heavy (non-hydrogen) atoms. The monoisotopic (exact) mass is 324 g/mol. The molecule has 0 aromatic heterocycles. The van der Waals surface area contributed by atoms with Gasteiger partial charge in [0.05, 0.1) is 10.5 Å². The van der Waals surface area contributed by atoms with Crippen molar-refractivity contribution in [2.75, 3.05) is 0 Å². The first-order valence-electron chi connectivity index (χ1n) is 3.60. The van der Waals surface area contributed by atoms with Gasteiger partial charge >= 0.3 is 0 Å². The van der Waals surface area contributed by atoms with E-state index in [0.29, 0.717) is 0 Å². The Morgan fingerprint density at radius 1 is 1.50 bits per heavy atom. The molecule has 6 nitrogen and oxygen atoms in total. The van der Waals surface area contributed by atoms with Crippen molar-refractivity contribution >= 4 is 41.4 Å². The molecule has 1 rings (SSSR count). The van der Waals surface area contributed by atoms with Gasteiger partial charge in [-0.15, -0.1) is 0 Å². The van der Waals surface area contributed by atoms with E-state index in [9.17, 15) is 18.5 Å². The Labute approximate surface area is 103 Å². The van der Waals surface area contributed by atoms with Crippen molar-refractivity contribution in [1.29, 1.82) is 5.26 Å². The van der Waals surface area contributed by atoms with Crippen LogP contribution in [-0.2, 0) is 9.05 Å². The third-order valence-corrected chi connectivity index (χ3v) is 3.64. The summed E-state index contributed by atoms with van der Waals surface area (Å²) in [5.41, 5.74) is -0.731. The molecule has 84 valence electrons. The van der Waals surface area contributed by atoms with Gasteiger partial charge in [-0.05, 0) is 22.0 Å². The normalized spacial score (nSPS) is 10.8. The Bertz CT molecular complexity index is 608. The fourth-order valence-corrected chi connectivity index (χ4v) is 2.40. The van der Waals surface area contributed by atoms with Crippen molar-refractivity contribution in [3.63, 3.8) is 0 Å². The maximum absolute atomic E-state index is 11.1. The van der Waals surface area contributed by atoms with Crippen LogP contribution >= 0.6 is 26.6 Å². The predicted octanol–water partition coefficient (Wildman–Crippen LogP) is 2.16. The zero-order valence-electron chi connectivity index (χ0n) is 7.35. The van der Waals surface area contributed by atoms with Gasteiger partial charge in [-0.1, -0.05) is 0 Å². The van der Waals surface area contributed by atoms with Crippen molar-refractivity contribution in [1.82, 2.24) is 0 Å². The molecule has 0 atom stereocenters. The molecule has 0 amide bonds. The molecule has 0 aliphatic heterocycles. The molecule has 0 saturated heterocycles. The average Bonchev–Trinajstić information content (AvgIpc) is 2.15. The second-order valence-electron chi connectivity index (χ2n) is 2.61. The minimum Gasteiger partial charge on any atom is -0.258 e. The second-order valence-corrected chi connectivity index (χ2v) is 6.00. The third kappa shape index (κ3) is 2.49. The first kappa shape index (κ1) is 12.9. The van der Waals surface area contributed by atoms with E-state index >= 15 is 0 Å². The molecule has 0 aliphatic rings. The molecule has 0 unspecified atom stereocenters. The summed E-state index contributed by atoms with van der Waals surface area (Å²) >= 11 is 2.91. The summed E-state index contributed by atoms with van der Waals surface area (Å²) in [5.74, 6) is 0. The number of nitrogens with zero attached hydrogens (tertiary/aromatic N) is 2. The van der Waals surface area contributed by atoms with Crippen LogP contribution in [0.15, 0.2) is 21.5 Å². The lowest BCUT2D eigenvalue weighted by Crippen LogP contribution is -2.00. The van der Waals surface area contributed by atoms with Crippen LogP contribution in [0.25, 0.3) is 0 Å². The van der Waals surface area contributed by atoms with E-state index in [-0.39, 0.29) is 10.0 Å². The number of hydrogen-bond acceptors (Lipinski definition) is 5. The summed E-state index contributed by atoms with van der Waals surface area (Å²) in [4.78, 5) is 9.02. The molecule has 0 saturated carbocycles. The van der Waals surface area contributed by atoms with Gasteiger partial charge in [-0.2, -0.15) is 5.26 Å². The van der Waals surface area contributed by atoms with E-state index in [1.54, 1.807) is 6.07 Å². The molecule has 0 heterocycles. The van der Waals surface area contributed by atoms with E-state index in [1.165, 1.54) is 0 Å². The van der Waals surface area contributed by atoms with Crippen molar-refractivity contribution in [3.05, 3.63) is 32.3 Å². The molecule has 0 bridgehead atoms. The SMILES string of the molecule is N#Cc1cc(S(=O)(=O)Cl)c([N+](=O)[O-])cc1Br. The summed E-state index contributed by atoms with van der Waals surface area (Å²) in [7, 11) is 0.763. The van der Waals surface area contributed by atoms with Gasteiger partial charge in [0.25, 0.3) is 14.7 Å². The number of nitro groups is 1. The molecule has 1 aromatic carbocycles. The predicted molar refractivity (Wildman–Crippen MR) is 58.6 cm³/mol. The molecule has 0 N–H and O–H groups in total. The van der Waals surface area contributed by atoms with Gasteiger partial charge in [0.15, 0.2) is 4.90 Å². The second kappa shape index (κ2) is 4.37. The lowest BCUT2D eigenvalue weighted by Gasteiger charge is -2.01. The Hall–Kier alpha value is -1.17. The quantitative estimate of drug-likeness (QED) is 0.471. The highest BCUT2D eigenvalue weighted by atomic mass is 79.9. The number of nitro benzene ring substituents is 1. The first-order valence-corrected chi connectivity index (χ1v) is 6.70. The molecular weight excluding hydrogens is 324 g/mol. The van der Waals surface area contributed by atoms with E-state index < -0.39 is 24.6 Å². The van der Waals surface area contributed by atoms with Crippen molar-refractivity contribution in [2.24, 2.45) is 0 Å². The van der Waals surface area contributed by atoms with Crippen LogP contribution in [-0.4, -0.2) is 13.3 Å². The number of benzene rings is 1. The molecule has 0 radical (unpaired) electrons. The maximum Gasteiger partial charge on any atom is 0.290 e. The number of hydrogen-bond donors (Lipinski definition) is 0. The highest BCUT2D eigenvalue weighted by Gasteiger charge is 2.26. The van der Waals surface area contributed by atoms with Crippen LogP contribution in [0.3, 0.4) is 0 Å². The van der Waals surface area contributed by atoms with Crippen LogP contribution in [0.4, 0.5) is 5.69 Å². The highest BCUT2D eigenvalue weighted by molar-refractivity contribution is 9.10. The van der Waals surface area contributed by atoms with Crippen LogP contribution < -0.4 is 0 Å². The molecular formula is C7H2BrClN2O4S. The van der Waals surface area contributed by atoms with Crippen molar-refractivity contribution in [2.45, 2.75) is 4.90 Å². The largest absolute Gasteiger partial charge is 0.290 e. The minimum absolute atomic E-state index is 0.0511. The van der Waals surface area contributed by atoms with Crippen LogP contribution in [0, 0.1) is 21.4 Å². The fraction of sp³-hybridized carbons (Fsp3) is 0. The molecule has 0 fully saturated rings. The number of rotatable bonds is 2. The zero-order valence-corrected chi connectivity index (χ0v) is 10.5. The van der Waals surface area contributed by atoms with Crippen molar-refractivity contribution < 1.29 is 13.3 Å². The Morgan fingerprint density at radius 2 is 2.06 bits per heavy atom. The molecule has 0 spiro atoms. The highest BCUT2D eigenvalue weighted by Crippen LogP contribution is 2.32. The third-order valence-electron chi connectivity index (χ3n) is 1.63. The van der Waals surface area contributed by atoms with Crippen LogP contribution in [0.1, 0.15) is 5.56 Å². The summed E-state index contributed by atoms with van der Waals surface area (Å²) in [6.07, 6.45) is 0. The number of halogens is 2. The summed E-state index contributed by atoms with van der Waals surface area (Å²) < 4.78 is 22.3. The Balaban J connectivity index is 3.71. The fourth-order valence-electron chi connectivity index (χ4n) is 0.967. The average molecular weight is 326 g/mol. The smallest absolute Gasteiger partial charge is 0.258 e. The lowest BCUT2D eigenvalue weighted by molar-refractivity contribution is -0.387. The Kier molecular flexibility index (Phi) is 3.52. The number of nitriles is 1. The summed E-state index contributed by atoms with van der Waals surface area (Å²) in [6, 6.07) is 3.46. The van der Waals surface area contributed by atoms with Gasteiger partial charge < -0.3 is 0 Å². The topological polar surface area (TPSA) is 101 Å². The van der Waals surface area contributed by atoms with Gasteiger partial charge in [0.2, 0.25) is 0 Å². The zero-order chi connectivity index (χ0) is 12.5. The summed E-state index contributed by atoms with van der Waals surface area (Å²) in [5, 5.41) is 19.2. The van der Waals surface area contributed by atoms with Gasteiger partial charge in [-0.3, -0.25) is 10.1 Å². The maximum atomic E-state index is 11.1. The van der Waals surface area contributed by atoms with E-state index in [1.807, 2.05) is 0 Å². The molecule has 0 aliphatic carbocycles. The van der Waals surface area contributed by atoms with E-state index in [4.69, 9.17) is 15.9 Å². The lowest BCUT2D eigenvalue weighted by atomic mass is 10.2. The minimum atomic E-state index is -4.27. The van der Waals surface area contributed by atoms with E-state index in [2.05, 4.69) is 15.9 Å². The van der Waals surface area contributed by atoms with E-state index in [0.717, 1.165) is 12.1 Å². The van der Waals surface area contributed by atoms with Crippen LogP contribution in [0.5, 0.6) is 0 Å². The van der Waals surface area contributed by atoms with Crippen molar-refractivity contribution in [3.8, 4) is 6.07 Å². The Morgan fingerprint density at radius 3 is 2.44 bits per heavy atom. The molecule has 1 aromatic rings. The summed E-state index contributed by atoms with van der Waals surface area (Å²) in [6.45, 7) is 0. The van der Waals surface area contributed by atoms with Gasteiger partial charge in [0, 0.05) is 21.2 Å².